The number of carbonyl (C=O) groups excluding carboxylic acids is 1. The number of rotatable bonds is 3. The molecular formula is C10H15BrN2O. The highest BCUT2D eigenvalue weighted by atomic mass is 79.9. The summed E-state index contributed by atoms with van der Waals surface area (Å²) in [6.07, 6.45) is 0.783. The first-order valence-electron chi connectivity index (χ1n) is 4.66. The van der Waals surface area contributed by atoms with Crippen molar-refractivity contribution in [3.8, 4) is 0 Å². The summed E-state index contributed by atoms with van der Waals surface area (Å²) in [7, 11) is 0. The van der Waals surface area contributed by atoms with Crippen molar-refractivity contribution in [2.24, 2.45) is 0 Å². The molecule has 1 aromatic rings. The average molecular weight is 259 g/mol. The molecule has 1 N–H and O–H groups in total. The normalized spacial score (nSPS) is 12.6. The first-order chi connectivity index (χ1) is 6.56. The fourth-order valence-corrected chi connectivity index (χ4v) is 1.31. The van der Waals surface area contributed by atoms with Crippen LogP contribution in [0.25, 0.3) is 0 Å². The van der Waals surface area contributed by atoms with Crippen molar-refractivity contribution >= 4 is 21.8 Å². The molecule has 1 amide bonds. The quantitative estimate of drug-likeness (QED) is 0.830. The largest absolute Gasteiger partial charge is 0.272 e. The summed E-state index contributed by atoms with van der Waals surface area (Å²) in [6.45, 7) is 5.89. The van der Waals surface area contributed by atoms with Crippen LogP contribution in [0.5, 0.6) is 0 Å². The highest BCUT2D eigenvalue weighted by Crippen LogP contribution is 2.08. The van der Waals surface area contributed by atoms with Crippen LogP contribution in [0.2, 0.25) is 0 Å². The van der Waals surface area contributed by atoms with Gasteiger partial charge >= 0.3 is 0 Å². The van der Waals surface area contributed by atoms with E-state index in [4.69, 9.17) is 0 Å². The van der Waals surface area contributed by atoms with Crippen molar-refractivity contribution in [1.29, 1.82) is 0 Å². The predicted molar refractivity (Wildman–Crippen MR) is 61.3 cm³/mol. The molecule has 0 saturated carbocycles. The summed E-state index contributed by atoms with van der Waals surface area (Å²) in [4.78, 5) is 11.4. The van der Waals surface area contributed by atoms with E-state index < -0.39 is 0 Å². The van der Waals surface area contributed by atoms with Crippen LogP contribution in [0, 0.1) is 13.8 Å². The highest BCUT2D eigenvalue weighted by molar-refractivity contribution is 9.10. The van der Waals surface area contributed by atoms with Gasteiger partial charge in [-0.05, 0) is 32.4 Å². The van der Waals surface area contributed by atoms with E-state index in [-0.39, 0.29) is 10.7 Å². The third kappa shape index (κ3) is 2.38. The van der Waals surface area contributed by atoms with Gasteiger partial charge in [0.1, 0.15) is 0 Å². The lowest BCUT2D eigenvalue weighted by atomic mass is 10.3. The molecule has 1 unspecified atom stereocenters. The van der Waals surface area contributed by atoms with E-state index in [0.717, 1.165) is 17.8 Å². The van der Waals surface area contributed by atoms with Crippen LogP contribution >= 0.6 is 15.9 Å². The van der Waals surface area contributed by atoms with Crippen molar-refractivity contribution in [1.82, 2.24) is 4.68 Å². The number of aromatic nitrogens is 1. The van der Waals surface area contributed by atoms with Crippen LogP contribution in [0.1, 0.15) is 24.7 Å². The standard InChI is InChI=1S/C10H15BrN2O/c1-4-9(11)10(14)12-13-7(2)5-6-8(13)3/h5-6,9H,4H2,1-3H3,(H,12,14). The molecule has 0 saturated heterocycles. The van der Waals surface area contributed by atoms with Gasteiger partial charge in [-0.2, -0.15) is 0 Å². The van der Waals surface area contributed by atoms with Gasteiger partial charge < -0.3 is 0 Å². The molecule has 0 radical (unpaired) electrons. The van der Waals surface area contributed by atoms with Gasteiger partial charge in [0.2, 0.25) is 0 Å². The van der Waals surface area contributed by atoms with Gasteiger partial charge in [-0.1, -0.05) is 22.9 Å². The number of amides is 1. The Morgan fingerprint density at radius 2 is 2.00 bits per heavy atom. The van der Waals surface area contributed by atoms with E-state index in [2.05, 4.69) is 21.4 Å². The molecule has 1 rings (SSSR count). The van der Waals surface area contributed by atoms with Crippen molar-refractivity contribution in [3.05, 3.63) is 23.5 Å². The molecule has 0 bridgehead atoms. The summed E-state index contributed by atoms with van der Waals surface area (Å²) in [5, 5.41) is 0. The third-order valence-electron chi connectivity index (χ3n) is 2.14. The minimum Gasteiger partial charge on any atom is -0.272 e. The summed E-state index contributed by atoms with van der Waals surface area (Å²) in [5.41, 5.74) is 4.91. The van der Waals surface area contributed by atoms with Gasteiger partial charge in [0.25, 0.3) is 5.91 Å². The Morgan fingerprint density at radius 1 is 1.50 bits per heavy atom. The van der Waals surface area contributed by atoms with Crippen LogP contribution in [-0.4, -0.2) is 15.4 Å². The molecule has 1 atom stereocenters. The number of halogens is 1. The number of alkyl halides is 1. The predicted octanol–water partition coefficient (Wildman–Crippen LogP) is 2.35. The monoisotopic (exact) mass is 258 g/mol. The third-order valence-corrected chi connectivity index (χ3v) is 3.20. The molecule has 3 nitrogen and oxygen atoms in total. The Morgan fingerprint density at radius 3 is 2.43 bits per heavy atom. The molecule has 0 aliphatic heterocycles. The summed E-state index contributed by atoms with van der Waals surface area (Å²) in [6, 6.07) is 3.95. The number of nitrogens with zero attached hydrogens (tertiary/aromatic N) is 1. The van der Waals surface area contributed by atoms with Crippen molar-refractivity contribution in [3.63, 3.8) is 0 Å². The molecule has 0 spiro atoms. The van der Waals surface area contributed by atoms with Crippen molar-refractivity contribution in [2.45, 2.75) is 32.0 Å². The molecule has 14 heavy (non-hydrogen) atoms. The number of aryl methyl sites for hydroxylation is 2. The van der Waals surface area contributed by atoms with Crippen molar-refractivity contribution in [2.75, 3.05) is 5.43 Å². The molecule has 1 aromatic heterocycles. The minimum atomic E-state index is -0.122. The molecule has 4 heteroatoms. The number of nitrogens with one attached hydrogen (secondary N) is 1. The first kappa shape index (κ1) is 11.3. The van der Waals surface area contributed by atoms with Crippen LogP contribution in [0.3, 0.4) is 0 Å². The zero-order valence-corrected chi connectivity index (χ0v) is 10.3. The maximum Gasteiger partial charge on any atom is 0.252 e. The molecule has 0 aliphatic carbocycles. The van der Waals surface area contributed by atoms with Gasteiger partial charge in [0.15, 0.2) is 0 Å². The second-order valence-corrected chi connectivity index (χ2v) is 4.41. The SMILES string of the molecule is CCC(Br)C(=O)Nn1c(C)ccc1C. The minimum absolute atomic E-state index is 0.00472. The summed E-state index contributed by atoms with van der Waals surface area (Å²) < 4.78 is 1.80. The van der Waals surface area contributed by atoms with E-state index in [1.165, 1.54) is 0 Å². The zero-order valence-electron chi connectivity index (χ0n) is 8.67. The fraction of sp³-hybridized carbons (Fsp3) is 0.500. The van der Waals surface area contributed by atoms with Crippen LogP contribution in [-0.2, 0) is 4.79 Å². The topological polar surface area (TPSA) is 34.0 Å². The Balaban J connectivity index is 2.74. The Labute approximate surface area is 92.6 Å². The van der Waals surface area contributed by atoms with Crippen LogP contribution in [0.4, 0.5) is 0 Å². The van der Waals surface area contributed by atoms with E-state index in [0.29, 0.717) is 0 Å². The zero-order chi connectivity index (χ0) is 10.7. The van der Waals surface area contributed by atoms with Gasteiger partial charge in [0.05, 0.1) is 4.83 Å². The molecular weight excluding hydrogens is 244 g/mol. The van der Waals surface area contributed by atoms with Gasteiger partial charge in [-0.15, -0.1) is 0 Å². The van der Waals surface area contributed by atoms with E-state index in [1.54, 1.807) is 4.68 Å². The average Bonchev–Trinajstić information content (AvgIpc) is 2.48. The smallest absolute Gasteiger partial charge is 0.252 e. The number of hydrogen-bond donors (Lipinski definition) is 1. The highest BCUT2D eigenvalue weighted by Gasteiger charge is 2.13. The summed E-state index contributed by atoms with van der Waals surface area (Å²) >= 11 is 3.31. The Bertz CT molecular complexity index is 313. The maximum absolute atomic E-state index is 11.6. The molecule has 0 aromatic carbocycles. The number of carbonyl (C=O) groups is 1. The molecule has 0 aliphatic rings. The Hall–Kier alpha value is -0.770. The van der Waals surface area contributed by atoms with Crippen LogP contribution in [0.15, 0.2) is 12.1 Å². The number of hydrogen-bond acceptors (Lipinski definition) is 1. The van der Waals surface area contributed by atoms with Crippen molar-refractivity contribution < 1.29 is 4.79 Å². The lowest BCUT2D eigenvalue weighted by molar-refractivity contribution is -0.116. The fourth-order valence-electron chi connectivity index (χ4n) is 1.21. The first-order valence-corrected chi connectivity index (χ1v) is 5.57. The second-order valence-electron chi connectivity index (χ2n) is 3.30. The summed E-state index contributed by atoms with van der Waals surface area (Å²) in [5.74, 6) is -0.00472. The van der Waals surface area contributed by atoms with Gasteiger partial charge in [0, 0.05) is 11.4 Å². The van der Waals surface area contributed by atoms with Crippen LogP contribution < -0.4 is 5.43 Å². The van der Waals surface area contributed by atoms with Gasteiger partial charge in [-0.25, -0.2) is 0 Å². The maximum atomic E-state index is 11.6. The second kappa shape index (κ2) is 4.64. The van der Waals surface area contributed by atoms with E-state index in [9.17, 15) is 4.79 Å². The van der Waals surface area contributed by atoms with Gasteiger partial charge in [-0.3, -0.25) is 14.9 Å². The lowest BCUT2D eigenvalue weighted by Gasteiger charge is -2.13. The lowest BCUT2D eigenvalue weighted by Crippen LogP contribution is -2.30. The molecule has 78 valence electrons. The molecule has 1 heterocycles. The van der Waals surface area contributed by atoms with E-state index in [1.807, 2.05) is 32.9 Å². The Kier molecular flexibility index (Phi) is 3.75. The molecule has 0 fully saturated rings. The van der Waals surface area contributed by atoms with E-state index >= 15 is 0 Å².